The highest BCUT2D eigenvalue weighted by molar-refractivity contribution is 5.83. The van der Waals surface area contributed by atoms with E-state index in [-0.39, 0.29) is 5.92 Å². The Hall–Kier alpha value is -3.77. The second-order valence-electron chi connectivity index (χ2n) is 8.51. The van der Waals surface area contributed by atoms with Crippen LogP contribution in [0.3, 0.4) is 0 Å². The zero-order valence-electron chi connectivity index (χ0n) is 19.9. The van der Waals surface area contributed by atoms with Crippen LogP contribution >= 0.6 is 0 Å². The lowest BCUT2D eigenvalue weighted by atomic mass is 10.1. The molecule has 0 saturated carbocycles. The average molecular weight is 476 g/mol. The minimum atomic E-state index is 0.000642. The van der Waals surface area contributed by atoms with Gasteiger partial charge in [0.2, 0.25) is 5.95 Å². The summed E-state index contributed by atoms with van der Waals surface area (Å²) in [5.41, 5.74) is 1.47. The number of fused-ring (bicyclic) bond motifs is 1. The van der Waals surface area contributed by atoms with Crippen LogP contribution in [0, 0.1) is 0 Å². The molecule has 4 aromatic heterocycles. The molecule has 1 aliphatic heterocycles. The SMILES string of the molecule is COCCN(C)c1nc(C2CN(Cc3ncccn3)CCN(c3ncccn3)C2)nc2nc[nH]c12. The first-order valence-electron chi connectivity index (χ1n) is 11.6. The molecule has 1 N–H and O–H groups in total. The van der Waals surface area contributed by atoms with Gasteiger partial charge in [-0.3, -0.25) is 4.90 Å². The minimum Gasteiger partial charge on any atom is -0.383 e. The van der Waals surface area contributed by atoms with Gasteiger partial charge < -0.3 is 19.5 Å². The summed E-state index contributed by atoms with van der Waals surface area (Å²) in [6.07, 6.45) is 8.75. The molecule has 12 heteroatoms. The van der Waals surface area contributed by atoms with Crippen molar-refractivity contribution in [3.8, 4) is 0 Å². The largest absolute Gasteiger partial charge is 0.383 e. The van der Waals surface area contributed by atoms with Gasteiger partial charge in [-0.1, -0.05) is 0 Å². The molecule has 1 aliphatic rings. The van der Waals surface area contributed by atoms with E-state index < -0.39 is 0 Å². The van der Waals surface area contributed by atoms with Crippen LogP contribution in [-0.2, 0) is 11.3 Å². The first-order valence-corrected chi connectivity index (χ1v) is 11.6. The Labute approximate surface area is 203 Å². The number of anilines is 2. The molecule has 1 fully saturated rings. The third kappa shape index (κ3) is 5.33. The number of nitrogens with one attached hydrogen (secondary N) is 1. The van der Waals surface area contributed by atoms with E-state index in [9.17, 15) is 0 Å². The monoisotopic (exact) mass is 475 g/mol. The summed E-state index contributed by atoms with van der Waals surface area (Å²) in [5, 5.41) is 0. The van der Waals surface area contributed by atoms with E-state index in [1.807, 2.05) is 19.2 Å². The molecule has 1 atom stereocenters. The second-order valence-corrected chi connectivity index (χ2v) is 8.51. The summed E-state index contributed by atoms with van der Waals surface area (Å²) in [5.74, 6) is 3.04. The van der Waals surface area contributed by atoms with Gasteiger partial charge in [0.25, 0.3) is 0 Å². The van der Waals surface area contributed by atoms with Crippen LogP contribution in [0.4, 0.5) is 11.8 Å². The third-order valence-electron chi connectivity index (χ3n) is 6.07. The Morgan fingerprint density at radius 1 is 1.00 bits per heavy atom. The van der Waals surface area contributed by atoms with Gasteiger partial charge in [0.15, 0.2) is 11.5 Å². The Bertz CT molecular complexity index is 1220. The maximum Gasteiger partial charge on any atom is 0.225 e. The molecular weight excluding hydrogens is 446 g/mol. The standard InChI is InChI=1S/C23H29N11O/c1-32(11-12-35-2)22-19-21(29-16-28-19)30-20(31-22)17-13-33(15-18-24-5-3-6-25-18)9-10-34(14-17)23-26-7-4-8-27-23/h3-8,16-17H,9-15H2,1-2H3,(H,28,29,30,31). The summed E-state index contributed by atoms with van der Waals surface area (Å²) < 4.78 is 5.27. The van der Waals surface area contributed by atoms with E-state index in [2.05, 4.69) is 44.6 Å². The van der Waals surface area contributed by atoms with Crippen molar-refractivity contribution in [2.45, 2.75) is 12.5 Å². The maximum atomic E-state index is 5.27. The number of aromatic amines is 1. The van der Waals surface area contributed by atoms with E-state index in [1.54, 1.807) is 38.2 Å². The van der Waals surface area contributed by atoms with Crippen LogP contribution in [0.25, 0.3) is 11.2 Å². The van der Waals surface area contributed by atoms with E-state index in [4.69, 9.17) is 14.7 Å². The minimum absolute atomic E-state index is 0.000642. The van der Waals surface area contributed by atoms with Crippen LogP contribution in [0.1, 0.15) is 17.6 Å². The number of aromatic nitrogens is 8. The lowest BCUT2D eigenvalue weighted by Gasteiger charge is -2.25. The van der Waals surface area contributed by atoms with Crippen LogP contribution in [0.2, 0.25) is 0 Å². The number of hydrogen-bond donors (Lipinski definition) is 1. The number of H-pyrrole nitrogens is 1. The molecular formula is C23H29N11O. The van der Waals surface area contributed by atoms with Gasteiger partial charge in [0.1, 0.15) is 17.2 Å². The van der Waals surface area contributed by atoms with Gasteiger partial charge in [0.05, 0.1) is 19.5 Å². The molecule has 0 bridgehead atoms. The lowest BCUT2D eigenvalue weighted by Crippen LogP contribution is -2.32. The Morgan fingerprint density at radius 2 is 1.77 bits per heavy atom. The van der Waals surface area contributed by atoms with Crippen molar-refractivity contribution >= 4 is 22.9 Å². The highest BCUT2D eigenvalue weighted by atomic mass is 16.5. The van der Waals surface area contributed by atoms with E-state index >= 15 is 0 Å². The van der Waals surface area contributed by atoms with Crippen LogP contribution in [0.15, 0.2) is 43.2 Å². The van der Waals surface area contributed by atoms with Crippen molar-refractivity contribution in [1.29, 1.82) is 0 Å². The van der Waals surface area contributed by atoms with Gasteiger partial charge >= 0.3 is 0 Å². The van der Waals surface area contributed by atoms with E-state index in [0.29, 0.717) is 37.8 Å². The topological polar surface area (TPSA) is 125 Å². The van der Waals surface area contributed by atoms with Crippen LogP contribution in [-0.4, -0.2) is 98.3 Å². The number of likely N-dealkylation sites (N-methyl/N-ethyl adjacent to an activating group) is 1. The summed E-state index contributed by atoms with van der Waals surface area (Å²) in [6, 6.07) is 3.66. The highest BCUT2D eigenvalue weighted by Gasteiger charge is 2.29. The van der Waals surface area contributed by atoms with Crippen molar-refractivity contribution < 1.29 is 4.74 Å². The summed E-state index contributed by atoms with van der Waals surface area (Å²) >= 11 is 0. The normalized spacial score (nSPS) is 17.0. The lowest BCUT2D eigenvalue weighted by molar-refractivity contribution is 0.206. The van der Waals surface area contributed by atoms with Gasteiger partial charge in [-0.25, -0.2) is 34.9 Å². The fraction of sp³-hybridized carbons (Fsp3) is 0.435. The van der Waals surface area contributed by atoms with E-state index in [0.717, 1.165) is 42.6 Å². The predicted octanol–water partition coefficient (Wildman–Crippen LogP) is 1.12. The molecule has 5 rings (SSSR count). The van der Waals surface area contributed by atoms with Gasteiger partial charge in [-0.05, 0) is 12.1 Å². The van der Waals surface area contributed by atoms with Crippen molar-refractivity contribution in [2.24, 2.45) is 0 Å². The number of imidazole rings is 1. The first-order chi connectivity index (χ1) is 17.2. The Kier molecular flexibility index (Phi) is 7.00. The molecule has 0 aromatic carbocycles. The van der Waals surface area contributed by atoms with Gasteiger partial charge in [-0.15, -0.1) is 0 Å². The highest BCUT2D eigenvalue weighted by Crippen LogP contribution is 2.27. The van der Waals surface area contributed by atoms with Crippen molar-refractivity contribution in [3.63, 3.8) is 0 Å². The zero-order valence-corrected chi connectivity index (χ0v) is 19.9. The number of hydrogen-bond acceptors (Lipinski definition) is 11. The van der Waals surface area contributed by atoms with Crippen LogP contribution < -0.4 is 9.80 Å². The Morgan fingerprint density at radius 3 is 2.54 bits per heavy atom. The molecule has 0 spiro atoms. The average Bonchev–Trinajstić information content (AvgIpc) is 3.28. The van der Waals surface area contributed by atoms with Gasteiger partial charge in [0, 0.05) is 77.6 Å². The van der Waals surface area contributed by atoms with Gasteiger partial charge in [-0.2, -0.15) is 0 Å². The molecule has 35 heavy (non-hydrogen) atoms. The molecule has 1 saturated heterocycles. The Balaban J connectivity index is 1.49. The van der Waals surface area contributed by atoms with Crippen molar-refractivity contribution in [2.75, 3.05) is 63.3 Å². The molecule has 12 nitrogen and oxygen atoms in total. The zero-order chi connectivity index (χ0) is 24.0. The number of nitrogens with zero attached hydrogens (tertiary/aromatic N) is 10. The number of rotatable bonds is 8. The van der Waals surface area contributed by atoms with E-state index in [1.165, 1.54) is 0 Å². The van der Waals surface area contributed by atoms with Crippen molar-refractivity contribution in [3.05, 3.63) is 54.9 Å². The molecule has 0 radical (unpaired) electrons. The van der Waals surface area contributed by atoms with Crippen molar-refractivity contribution in [1.82, 2.24) is 44.8 Å². The second kappa shape index (κ2) is 10.7. The quantitative estimate of drug-likeness (QED) is 0.394. The molecule has 0 aliphatic carbocycles. The summed E-state index contributed by atoms with van der Waals surface area (Å²) in [6.45, 7) is 4.97. The molecule has 0 amide bonds. The predicted molar refractivity (Wildman–Crippen MR) is 131 cm³/mol. The molecule has 4 aromatic rings. The molecule has 1 unspecified atom stereocenters. The third-order valence-corrected chi connectivity index (χ3v) is 6.07. The summed E-state index contributed by atoms with van der Waals surface area (Å²) in [4.78, 5) is 42.0. The van der Waals surface area contributed by atoms with Crippen LogP contribution in [0.5, 0.6) is 0 Å². The first kappa shape index (κ1) is 23.0. The smallest absolute Gasteiger partial charge is 0.225 e. The fourth-order valence-electron chi connectivity index (χ4n) is 4.26. The molecule has 5 heterocycles. The summed E-state index contributed by atoms with van der Waals surface area (Å²) in [7, 11) is 3.70. The molecule has 182 valence electrons. The maximum absolute atomic E-state index is 5.27. The fourth-order valence-corrected chi connectivity index (χ4v) is 4.26. The number of methoxy groups -OCH3 is 1. The number of ether oxygens (including phenoxy) is 1.